The molecule has 1 fully saturated rings. The third-order valence-electron chi connectivity index (χ3n) is 3.32. The van der Waals surface area contributed by atoms with Gasteiger partial charge in [-0.05, 0) is 12.5 Å². The van der Waals surface area contributed by atoms with Crippen LogP contribution in [0.2, 0.25) is 0 Å². The molecule has 0 aliphatic carbocycles. The fraction of sp³-hybridized carbons (Fsp3) is 0.600. The largest absolute Gasteiger partial charge is 0.434 e. The second kappa shape index (κ2) is 7.55. The Kier molecular flexibility index (Phi) is 5.73. The summed E-state index contributed by atoms with van der Waals surface area (Å²) >= 11 is 0. The predicted molar refractivity (Wildman–Crippen MR) is 70.7 cm³/mol. The van der Waals surface area contributed by atoms with E-state index in [9.17, 15) is 8.78 Å². The van der Waals surface area contributed by atoms with E-state index in [4.69, 9.17) is 9.47 Å². The summed E-state index contributed by atoms with van der Waals surface area (Å²) < 4.78 is 40.5. The van der Waals surface area contributed by atoms with E-state index in [1.807, 2.05) is 0 Å². The van der Waals surface area contributed by atoms with Gasteiger partial charge in [0, 0.05) is 11.5 Å². The second-order valence-corrected chi connectivity index (χ2v) is 4.92. The number of benzene rings is 1. The lowest BCUT2D eigenvalue weighted by atomic mass is 10.0. The number of rotatable bonds is 6. The van der Waals surface area contributed by atoms with Crippen LogP contribution in [0.1, 0.15) is 38.0 Å². The van der Waals surface area contributed by atoms with Gasteiger partial charge in [-0.1, -0.05) is 38.0 Å². The summed E-state index contributed by atoms with van der Waals surface area (Å²) in [6, 6.07) is 6.59. The highest BCUT2D eigenvalue weighted by Gasteiger charge is 2.26. The highest BCUT2D eigenvalue weighted by Crippen LogP contribution is 2.33. The molecule has 5 heteroatoms. The Morgan fingerprint density at radius 1 is 1.25 bits per heavy atom. The Morgan fingerprint density at radius 3 is 2.60 bits per heavy atom. The van der Waals surface area contributed by atoms with Crippen LogP contribution in [0, 0.1) is 5.92 Å². The Bertz CT molecular complexity index is 404. The van der Waals surface area contributed by atoms with E-state index in [1.54, 1.807) is 18.2 Å². The highest BCUT2D eigenvalue weighted by atomic mass is 19.3. The molecule has 1 aromatic carbocycles. The van der Waals surface area contributed by atoms with Crippen LogP contribution < -0.4 is 4.74 Å². The van der Waals surface area contributed by atoms with Gasteiger partial charge in [-0.2, -0.15) is 8.78 Å². The van der Waals surface area contributed by atoms with Gasteiger partial charge in [0.2, 0.25) is 0 Å². The molecule has 0 N–H and O–H groups in total. The van der Waals surface area contributed by atoms with Gasteiger partial charge in [0.1, 0.15) is 5.75 Å². The maximum absolute atomic E-state index is 12.4. The molecular formula is C15H20F2O3. The molecule has 1 aromatic rings. The molecule has 0 bridgehead atoms. The third kappa shape index (κ3) is 4.15. The number of hydrogen-bond donors (Lipinski definition) is 0. The minimum atomic E-state index is -2.85. The van der Waals surface area contributed by atoms with E-state index in [-0.39, 0.29) is 5.75 Å². The lowest BCUT2D eigenvalue weighted by Crippen LogP contribution is -2.27. The number of hydrogen-bond acceptors (Lipinski definition) is 3. The first-order valence-corrected chi connectivity index (χ1v) is 6.97. The molecular weight excluding hydrogens is 266 g/mol. The van der Waals surface area contributed by atoms with Crippen LogP contribution in [0.3, 0.4) is 0 Å². The SMILES string of the molecule is CCCCC1COC(c2ccccc2OC(F)F)OC1. The monoisotopic (exact) mass is 286 g/mol. The Morgan fingerprint density at radius 2 is 1.95 bits per heavy atom. The van der Waals surface area contributed by atoms with Gasteiger partial charge >= 0.3 is 6.61 Å². The second-order valence-electron chi connectivity index (χ2n) is 4.92. The summed E-state index contributed by atoms with van der Waals surface area (Å²) in [5.74, 6) is 0.494. The smallest absolute Gasteiger partial charge is 0.387 e. The molecule has 0 atom stereocenters. The van der Waals surface area contributed by atoms with Gasteiger partial charge in [-0.25, -0.2) is 0 Å². The zero-order chi connectivity index (χ0) is 14.4. The fourth-order valence-corrected chi connectivity index (χ4v) is 2.26. The lowest BCUT2D eigenvalue weighted by molar-refractivity contribution is -0.207. The van der Waals surface area contributed by atoms with Gasteiger partial charge in [-0.15, -0.1) is 0 Å². The molecule has 1 saturated heterocycles. The number of unbranched alkanes of at least 4 members (excludes halogenated alkanes) is 1. The van der Waals surface area contributed by atoms with Crippen molar-refractivity contribution in [2.75, 3.05) is 13.2 Å². The van der Waals surface area contributed by atoms with E-state index in [0.29, 0.717) is 24.7 Å². The molecule has 0 amide bonds. The minimum absolute atomic E-state index is 0.111. The van der Waals surface area contributed by atoms with Crippen molar-refractivity contribution in [2.24, 2.45) is 5.92 Å². The summed E-state index contributed by atoms with van der Waals surface area (Å²) in [5, 5.41) is 0. The molecule has 3 nitrogen and oxygen atoms in total. The first-order chi connectivity index (χ1) is 9.70. The topological polar surface area (TPSA) is 27.7 Å². The number of alkyl halides is 2. The van der Waals surface area contributed by atoms with E-state index < -0.39 is 12.9 Å². The first-order valence-electron chi connectivity index (χ1n) is 6.97. The molecule has 1 heterocycles. The number of para-hydroxylation sites is 1. The van der Waals surface area contributed by atoms with Crippen LogP contribution in [-0.4, -0.2) is 19.8 Å². The van der Waals surface area contributed by atoms with Crippen molar-refractivity contribution in [3.05, 3.63) is 29.8 Å². The zero-order valence-corrected chi connectivity index (χ0v) is 11.6. The molecule has 2 rings (SSSR count). The zero-order valence-electron chi connectivity index (χ0n) is 11.6. The maximum atomic E-state index is 12.4. The van der Waals surface area contributed by atoms with Gasteiger partial charge in [0.15, 0.2) is 6.29 Å². The van der Waals surface area contributed by atoms with Crippen molar-refractivity contribution in [3.63, 3.8) is 0 Å². The quantitative estimate of drug-likeness (QED) is 0.786. The molecule has 20 heavy (non-hydrogen) atoms. The van der Waals surface area contributed by atoms with Crippen LogP contribution in [0.4, 0.5) is 8.78 Å². The van der Waals surface area contributed by atoms with Crippen LogP contribution in [0.25, 0.3) is 0 Å². The molecule has 112 valence electrons. The average molecular weight is 286 g/mol. The van der Waals surface area contributed by atoms with Gasteiger partial charge in [0.25, 0.3) is 0 Å². The Balaban J connectivity index is 1.96. The molecule has 0 radical (unpaired) electrons. The van der Waals surface area contributed by atoms with E-state index in [1.165, 1.54) is 6.07 Å². The van der Waals surface area contributed by atoms with E-state index in [0.717, 1.165) is 19.3 Å². The van der Waals surface area contributed by atoms with Crippen LogP contribution in [0.15, 0.2) is 24.3 Å². The Hall–Kier alpha value is -1.20. The molecule has 0 spiro atoms. The van der Waals surface area contributed by atoms with Gasteiger partial charge in [-0.3, -0.25) is 0 Å². The van der Waals surface area contributed by atoms with Gasteiger partial charge < -0.3 is 14.2 Å². The van der Waals surface area contributed by atoms with Crippen LogP contribution in [-0.2, 0) is 9.47 Å². The number of ether oxygens (including phenoxy) is 3. The standard InChI is InChI=1S/C15H20F2O3/c1-2-3-6-11-9-18-14(19-10-11)12-7-4-5-8-13(12)20-15(16)17/h4-5,7-8,11,14-15H,2-3,6,9-10H2,1H3. The molecule has 0 unspecified atom stereocenters. The van der Waals surface area contributed by atoms with Crippen molar-refractivity contribution in [1.82, 2.24) is 0 Å². The summed E-state index contributed by atoms with van der Waals surface area (Å²) in [6.07, 6.45) is 2.74. The maximum Gasteiger partial charge on any atom is 0.387 e. The lowest BCUT2D eigenvalue weighted by Gasteiger charge is -2.30. The van der Waals surface area contributed by atoms with Crippen molar-refractivity contribution < 1.29 is 23.0 Å². The third-order valence-corrected chi connectivity index (χ3v) is 3.32. The van der Waals surface area contributed by atoms with Crippen LogP contribution >= 0.6 is 0 Å². The molecule has 0 aromatic heterocycles. The van der Waals surface area contributed by atoms with Crippen LogP contribution in [0.5, 0.6) is 5.75 Å². The molecule has 0 saturated carbocycles. The van der Waals surface area contributed by atoms with Crippen molar-refractivity contribution >= 4 is 0 Å². The molecule has 1 aliphatic rings. The Labute approximate surface area is 117 Å². The highest BCUT2D eigenvalue weighted by molar-refractivity contribution is 5.34. The van der Waals surface area contributed by atoms with E-state index in [2.05, 4.69) is 11.7 Å². The summed E-state index contributed by atoms with van der Waals surface area (Å²) in [5.41, 5.74) is 0.516. The normalized spacial score (nSPS) is 23.0. The number of halogens is 2. The predicted octanol–water partition coefficient (Wildman–Crippen LogP) is 4.14. The summed E-state index contributed by atoms with van der Waals surface area (Å²) in [7, 11) is 0. The summed E-state index contributed by atoms with van der Waals surface area (Å²) in [6.45, 7) is 0.476. The fourth-order valence-electron chi connectivity index (χ4n) is 2.26. The van der Waals surface area contributed by atoms with E-state index >= 15 is 0 Å². The van der Waals surface area contributed by atoms with Crippen molar-refractivity contribution in [3.8, 4) is 5.75 Å². The van der Waals surface area contributed by atoms with Gasteiger partial charge in [0.05, 0.1) is 13.2 Å². The first kappa shape index (κ1) is 15.2. The summed E-state index contributed by atoms with van der Waals surface area (Å²) in [4.78, 5) is 0. The average Bonchev–Trinajstić information content (AvgIpc) is 2.46. The minimum Gasteiger partial charge on any atom is -0.434 e. The van der Waals surface area contributed by atoms with Crippen molar-refractivity contribution in [1.29, 1.82) is 0 Å². The molecule has 1 aliphatic heterocycles. The van der Waals surface area contributed by atoms with Crippen molar-refractivity contribution in [2.45, 2.75) is 39.1 Å².